The fraction of sp³-hybridized carbons (Fsp3) is 0.400. The summed E-state index contributed by atoms with van der Waals surface area (Å²) in [6.07, 6.45) is 2.58. The molecular weight excluding hydrogens is 469 g/mol. The van der Waals surface area contributed by atoms with Crippen molar-refractivity contribution in [2.24, 2.45) is 0 Å². The van der Waals surface area contributed by atoms with Gasteiger partial charge in [0.2, 0.25) is 17.8 Å². The van der Waals surface area contributed by atoms with E-state index >= 15 is 0 Å². The molecular formula is C25H31ClFN7O. The maximum Gasteiger partial charge on any atom is 0.233 e. The number of piperazine rings is 1. The lowest BCUT2D eigenvalue weighted by atomic mass is 10.2. The molecule has 1 aromatic heterocycles. The maximum atomic E-state index is 14.1. The molecule has 0 amide bonds. The zero-order valence-electron chi connectivity index (χ0n) is 19.8. The van der Waals surface area contributed by atoms with Crippen LogP contribution < -0.4 is 20.4 Å². The van der Waals surface area contributed by atoms with Gasteiger partial charge >= 0.3 is 0 Å². The van der Waals surface area contributed by atoms with E-state index in [1.54, 1.807) is 19.1 Å². The minimum absolute atomic E-state index is 0.192. The van der Waals surface area contributed by atoms with Crippen molar-refractivity contribution in [2.45, 2.75) is 26.2 Å². The molecule has 0 radical (unpaired) electrons. The predicted molar refractivity (Wildman–Crippen MR) is 140 cm³/mol. The summed E-state index contributed by atoms with van der Waals surface area (Å²) in [7, 11) is 0. The van der Waals surface area contributed by atoms with E-state index in [4.69, 9.17) is 16.7 Å². The zero-order chi connectivity index (χ0) is 24.6. The summed E-state index contributed by atoms with van der Waals surface area (Å²) in [5.74, 6) is 1.08. The van der Waals surface area contributed by atoms with Gasteiger partial charge in [-0.2, -0.15) is 15.0 Å². The van der Waals surface area contributed by atoms with Gasteiger partial charge in [0, 0.05) is 45.0 Å². The average molecular weight is 500 g/mol. The lowest BCUT2D eigenvalue weighted by Gasteiger charge is -2.36. The highest BCUT2D eigenvalue weighted by Crippen LogP contribution is 2.27. The molecule has 0 atom stereocenters. The van der Waals surface area contributed by atoms with Gasteiger partial charge in [0.05, 0.1) is 10.7 Å². The Bertz CT molecular complexity index is 1120. The molecule has 1 saturated heterocycles. The summed E-state index contributed by atoms with van der Waals surface area (Å²) in [6.45, 7) is 5.62. The molecule has 10 heteroatoms. The first-order valence-corrected chi connectivity index (χ1v) is 12.3. The van der Waals surface area contributed by atoms with Gasteiger partial charge in [0.1, 0.15) is 5.82 Å². The highest BCUT2D eigenvalue weighted by atomic mass is 35.5. The van der Waals surface area contributed by atoms with E-state index in [1.807, 2.05) is 24.3 Å². The molecule has 186 valence electrons. The Balaban J connectivity index is 1.49. The Morgan fingerprint density at radius 1 is 0.943 bits per heavy atom. The predicted octanol–water partition coefficient (Wildman–Crippen LogP) is 4.62. The van der Waals surface area contributed by atoms with Gasteiger partial charge in [-0.3, -0.25) is 0 Å². The van der Waals surface area contributed by atoms with E-state index < -0.39 is 0 Å². The van der Waals surface area contributed by atoms with Crippen LogP contribution in [0.2, 0.25) is 5.02 Å². The number of anilines is 5. The summed E-state index contributed by atoms with van der Waals surface area (Å²) < 4.78 is 14.1. The van der Waals surface area contributed by atoms with Crippen LogP contribution in [0.25, 0.3) is 0 Å². The first kappa shape index (κ1) is 24.9. The molecule has 0 unspecified atom stereocenters. The topological polar surface area (TPSA) is 89.4 Å². The van der Waals surface area contributed by atoms with Crippen LogP contribution in [0, 0.1) is 12.7 Å². The first-order valence-electron chi connectivity index (χ1n) is 11.9. The fourth-order valence-electron chi connectivity index (χ4n) is 3.91. The number of hydrogen-bond donors (Lipinski definition) is 3. The standard InChI is InChI=1S/C25H31ClFN7O/c1-18-9-10-19(17-21(18)27)29-24-30-23(28-11-5-2-6-16-35)31-25(32-24)34-14-12-33(13-15-34)22-8-4-3-7-20(22)26/h3-4,7-10,17,35H,2,5-6,11-16H2,1H3,(H2,28,29,30,31,32). The number of halogens is 2. The van der Waals surface area contributed by atoms with E-state index in [-0.39, 0.29) is 12.4 Å². The highest BCUT2D eigenvalue weighted by molar-refractivity contribution is 6.33. The second-order valence-electron chi connectivity index (χ2n) is 8.51. The summed E-state index contributed by atoms with van der Waals surface area (Å²) in [5.41, 5.74) is 2.18. The number of aliphatic hydroxyl groups excluding tert-OH is 1. The molecule has 0 spiro atoms. The van der Waals surface area contributed by atoms with Crippen LogP contribution >= 0.6 is 11.6 Å². The molecule has 2 aromatic carbocycles. The Labute approximate surface area is 210 Å². The van der Waals surface area contributed by atoms with Gasteiger partial charge in [-0.25, -0.2) is 4.39 Å². The molecule has 0 saturated carbocycles. The zero-order valence-corrected chi connectivity index (χ0v) is 20.6. The SMILES string of the molecule is Cc1ccc(Nc2nc(NCCCCCO)nc(N3CCN(c4ccccc4Cl)CC3)n2)cc1F. The Kier molecular flexibility index (Phi) is 8.54. The highest BCUT2D eigenvalue weighted by Gasteiger charge is 2.22. The molecule has 2 heterocycles. The summed E-state index contributed by atoms with van der Waals surface area (Å²) in [6, 6.07) is 12.8. The van der Waals surface area contributed by atoms with E-state index in [2.05, 4.69) is 35.4 Å². The number of aromatic nitrogens is 3. The van der Waals surface area contributed by atoms with Crippen LogP contribution in [0.5, 0.6) is 0 Å². The summed E-state index contributed by atoms with van der Waals surface area (Å²) in [5, 5.41) is 16.1. The number of unbranched alkanes of at least 4 members (excludes halogenated alkanes) is 2. The quantitative estimate of drug-likeness (QED) is 0.348. The normalized spacial score (nSPS) is 13.7. The monoisotopic (exact) mass is 499 g/mol. The smallest absolute Gasteiger partial charge is 0.233 e. The number of nitrogens with zero attached hydrogens (tertiary/aromatic N) is 5. The molecule has 3 aromatic rings. The van der Waals surface area contributed by atoms with Crippen molar-refractivity contribution in [3.63, 3.8) is 0 Å². The van der Waals surface area contributed by atoms with Crippen molar-refractivity contribution in [3.05, 3.63) is 58.9 Å². The summed E-state index contributed by atoms with van der Waals surface area (Å²) >= 11 is 6.39. The summed E-state index contributed by atoms with van der Waals surface area (Å²) in [4.78, 5) is 18.2. The van der Waals surface area contributed by atoms with Crippen LogP contribution in [0.1, 0.15) is 24.8 Å². The van der Waals surface area contributed by atoms with E-state index in [0.29, 0.717) is 35.6 Å². The number of rotatable bonds is 10. The van der Waals surface area contributed by atoms with E-state index in [0.717, 1.165) is 56.2 Å². The van der Waals surface area contributed by atoms with E-state index in [1.165, 1.54) is 6.07 Å². The van der Waals surface area contributed by atoms with Gasteiger partial charge in [0.25, 0.3) is 0 Å². The van der Waals surface area contributed by atoms with Crippen molar-refractivity contribution in [1.82, 2.24) is 15.0 Å². The van der Waals surface area contributed by atoms with Gasteiger partial charge in [-0.1, -0.05) is 29.8 Å². The van der Waals surface area contributed by atoms with Crippen molar-refractivity contribution >= 4 is 40.8 Å². The average Bonchev–Trinajstić information content (AvgIpc) is 2.86. The van der Waals surface area contributed by atoms with Crippen molar-refractivity contribution in [2.75, 3.05) is 59.8 Å². The second kappa shape index (κ2) is 12.0. The molecule has 4 rings (SSSR count). The molecule has 1 aliphatic rings. The first-order chi connectivity index (χ1) is 17.0. The minimum Gasteiger partial charge on any atom is -0.396 e. The maximum absolute atomic E-state index is 14.1. The van der Waals surface area contributed by atoms with Crippen LogP contribution in [-0.4, -0.2) is 59.4 Å². The van der Waals surface area contributed by atoms with E-state index in [9.17, 15) is 4.39 Å². The third kappa shape index (κ3) is 6.70. The van der Waals surface area contributed by atoms with Crippen LogP contribution in [-0.2, 0) is 0 Å². The third-order valence-electron chi connectivity index (χ3n) is 5.93. The van der Waals surface area contributed by atoms with Crippen LogP contribution in [0.4, 0.5) is 33.6 Å². The van der Waals surface area contributed by atoms with Crippen LogP contribution in [0.15, 0.2) is 42.5 Å². The molecule has 3 N–H and O–H groups in total. The molecule has 35 heavy (non-hydrogen) atoms. The number of benzene rings is 2. The van der Waals surface area contributed by atoms with Gasteiger partial charge in [0.15, 0.2) is 0 Å². The van der Waals surface area contributed by atoms with Gasteiger partial charge in [-0.05, 0) is 56.0 Å². The van der Waals surface area contributed by atoms with Crippen LogP contribution in [0.3, 0.4) is 0 Å². The largest absolute Gasteiger partial charge is 0.396 e. The van der Waals surface area contributed by atoms with Gasteiger partial charge in [-0.15, -0.1) is 0 Å². The fourth-order valence-corrected chi connectivity index (χ4v) is 4.17. The van der Waals surface area contributed by atoms with Gasteiger partial charge < -0.3 is 25.5 Å². The Morgan fingerprint density at radius 3 is 2.43 bits per heavy atom. The van der Waals surface area contributed by atoms with Crippen molar-refractivity contribution in [1.29, 1.82) is 0 Å². The lowest BCUT2D eigenvalue weighted by Crippen LogP contribution is -2.47. The number of para-hydroxylation sites is 1. The molecule has 1 fully saturated rings. The Morgan fingerprint density at radius 2 is 1.69 bits per heavy atom. The molecule has 0 bridgehead atoms. The van der Waals surface area contributed by atoms with Crippen molar-refractivity contribution in [3.8, 4) is 0 Å². The molecule has 1 aliphatic heterocycles. The molecule has 8 nitrogen and oxygen atoms in total. The van der Waals surface area contributed by atoms with Crippen molar-refractivity contribution < 1.29 is 9.50 Å². The third-order valence-corrected chi connectivity index (χ3v) is 6.24. The second-order valence-corrected chi connectivity index (χ2v) is 8.92. The molecule has 0 aliphatic carbocycles. The number of aryl methyl sites for hydroxylation is 1. The lowest BCUT2D eigenvalue weighted by molar-refractivity contribution is 0.283. The number of nitrogens with one attached hydrogen (secondary N) is 2. The Hall–Kier alpha value is -3.17. The minimum atomic E-state index is -0.290. The number of aliphatic hydroxyl groups is 1. The number of hydrogen-bond acceptors (Lipinski definition) is 8.